The topological polar surface area (TPSA) is 29.5 Å². The quantitative estimate of drug-likeness (QED) is 0.808. The van der Waals surface area contributed by atoms with Gasteiger partial charge in [0.15, 0.2) is 0 Å². The van der Waals surface area contributed by atoms with Gasteiger partial charge in [0.05, 0.1) is 0 Å². The van der Waals surface area contributed by atoms with Crippen molar-refractivity contribution in [1.82, 2.24) is 0 Å². The van der Waals surface area contributed by atoms with Crippen LogP contribution in [0.4, 0.5) is 10.1 Å². The van der Waals surface area contributed by atoms with Crippen molar-refractivity contribution in [2.45, 2.75) is 26.4 Å². The van der Waals surface area contributed by atoms with Crippen molar-refractivity contribution < 1.29 is 13.9 Å². The normalized spacial score (nSPS) is 11.4. The summed E-state index contributed by atoms with van der Waals surface area (Å²) in [6.45, 7) is 5.69. The molecule has 0 spiro atoms. The number of nitrogens with zero attached hydrogens (tertiary/aromatic N) is 1. The lowest BCUT2D eigenvalue weighted by Gasteiger charge is -2.30. The highest BCUT2D eigenvalue weighted by Crippen LogP contribution is 2.20. The molecule has 0 radical (unpaired) electrons. The number of anilines is 1. The number of rotatable bonds is 4. The minimum atomic E-state index is -0.914. The van der Waals surface area contributed by atoms with Crippen LogP contribution in [0.2, 0.25) is 0 Å². The summed E-state index contributed by atoms with van der Waals surface area (Å²) in [5, 5.41) is 0. The van der Waals surface area contributed by atoms with Gasteiger partial charge >= 0.3 is 0 Å². The van der Waals surface area contributed by atoms with Crippen LogP contribution in [0.1, 0.15) is 20.8 Å². The Morgan fingerprint density at radius 1 is 1.47 bits per heavy atom. The van der Waals surface area contributed by atoms with Crippen molar-refractivity contribution in [3.63, 3.8) is 0 Å². The number of carbonyl (C=O) groups excluding carboxylic acids is 1. The van der Waals surface area contributed by atoms with Gasteiger partial charge in [0.25, 0.3) is 5.91 Å². The average Bonchev–Trinajstić information content (AvgIpc) is 2.30. The van der Waals surface area contributed by atoms with Gasteiger partial charge in [0, 0.05) is 19.3 Å². The number of methoxy groups -OCH3 is 1. The van der Waals surface area contributed by atoms with E-state index in [1.165, 1.54) is 24.1 Å². The van der Waals surface area contributed by atoms with E-state index in [1.54, 1.807) is 26.0 Å². The summed E-state index contributed by atoms with van der Waals surface area (Å²) >= 11 is 0. The molecule has 0 aromatic heterocycles. The maximum absolute atomic E-state index is 13.1. The molecule has 0 saturated carbocycles. The highest BCUT2D eigenvalue weighted by Gasteiger charge is 2.31. The molecule has 0 N–H and O–H groups in total. The van der Waals surface area contributed by atoms with E-state index in [1.807, 2.05) is 6.92 Å². The van der Waals surface area contributed by atoms with Gasteiger partial charge in [-0.1, -0.05) is 6.07 Å². The molecule has 0 fully saturated rings. The molecule has 0 aliphatic rings. The third kappa shape index (κ3) is 3.03. The van der Waals surface area contributed by atoms with Crippen LogP contribution in [0.5, 0.6) is 0 Å². The molecule has 0 unspecified atom stereocenters. The molecule has 3 nitrogen and oxygen atoms in total. The SMILES string of the molecule is CCN(C(=O)C(C)(C)OC)c1cccc(F)c1. The van der Waals surface area contributed by atoms with Gasteiger partial charge in [0.2, 0.25) is 0 Å². The molecular formula is C13H18FNO2. The summed E-state index contributed by atoms with van der Waals surface area (Å²) in [5.74, 6) is -0.544. The molecule has 17 heavy (non-hydrogen) atoms. The molecule has 1 aromatic carbocycles. The minimum absolute atomic E-state index is 0.187. The minimum Gasteiger partial charge on any atom is -0.369 e. The van der Waals surface area contributed by atoms with E-state index in [-0.39, 0.29) is 11.7 Å². The summed E-state index contributed by atoms with van der Waals surface area (Å²) in [7, 11) is 1.48. The van der Waals surface area contributed by atoms with Gasteiger partial charge in [-0.3, -0.25) is 4.79 Å². The van der Waals surface area contributed by atoms with E-state index in [9.17, 15) is 9.18 Å². The summed E-state index contributed by atoms with van der Waals surface area (Å²) in [4.78, 5) is 13.7. The molecule has 0 aliphatic carbocycles. The lowest BCUT2D eigenvalue weighted by molar-refractivity contribution is -0.136. The first kappa shape index (κ1) is 13.6. The number of ether oxygens (including phenoxy) is 1. The zero-order valence-corrected chi connectivity index (χ0v) is 10.7. The third-order valence-electron chi connectivity index (χ3n) is 2.71. The first-order valence-corrected chi connectivity index (χ1v) is 5.55. The average molecular weight is 239 g/mol. The van der Waals surface area contributed by atoms with Crippen molar-refractivity contribution in [2.24, 2.45) is 0 Å². The number of benzene rings is 1. The van der Waals surface area contributed by atoms with Crippen molar-refractivity contribution in [3.8, 4) is 0 Å². The van der Waals surface area contributed by atoms with Crippen molar-refractivity contribution in [1.29, 1.82) is 0 Å². The number of hydrogen-bond acceptors (Lipinski definition) is 2. The van der Waals surface area contributed by atoms with Gasteiger partial charge in [0.1, 0.15) is 11.4 Å². The van der Waals surface area contributed by atoms with Crippen LogP contribution in [0.25, 0.3) is 0 Å². The fourth-order valence-electron chi connectivity index (χ4n) is 1.50. The Labute approximate surface area is 101 Å². The predicted molar refractivity (Wildman–Crippen MR) is 65.5 cm³/mol. The zero-order valence-electron chi connectivity index (χ0n) is 10.7. The molecule has 1 aromatic rings. The van der Waals surface area contributed by atoms with Crippen LogP contribution in [0.15, 0.2) is 24.3 Å². The first-order valence-electron chi connectivity index (χ1n) is 5.55. The Hall–Kier alpha value is -1.42. The van der Waals surface area contributed by atoms with Crippen molar-refractivity contribution in [2.75, 3.05) is 18.6 Å². The number of carbonyl (C=O) groups is 1. The second-order valence-corrected chi connectivity index (χ2v) is 4.24. The summed E-state index contributed by atoms with van der Waals surface area (Å²) in [6, 6.07) is 5.98. The Bertz CT molecular complexity index is 404. The van der Waals surface area contributed by atoms with E-state index in [2.05, 4.69) is 0 Å². The van der Waals surface area contributed by atoms with Crippen molar-refractivity contribution in [3.05, 3.63) is 30.1 Å². The van der Waals surface area contributed by atoms with E-state index >= 15 is 0 Å². The lowest BCUT2D eigenvalue weighted by atomic mass is 10.1. The number of halogens is 1. The number of amides is 1. The molecule has 1 rings (SSSR count). The smallest absolute Gasteiger partial charge is 0.258 e. The first-order chi connectivity index (χ1) is 7.92. The summed E-state index contributed by atoms with van der Waals surface area (Å²) in [6.07, 6.45) is 0. The highest BCUT2D eigenvalue weighted by atomic mass is 19.1. The van der Waals surface area contributed by atoms with Crippen LogP contribution in [-0.4, -0.2) is 25.2 Å². The monoisotopic (exact) mass is 239 g/mol. The summed E-state index contributed by atoms with van der Waals surface area (Å²) < 4.78 is 18.3. The summed E-state index contributed by atoms with van der Waals surface area (Å²) in [5.41, 5.74) is -0.370. The van der Waals surface area contributed by atoms with Gasteiger partial charge in [-0.2, -0.15) is 0 Å². The molecule has 0 aliphatic heterocycles. The molecule has 4 heteroatoms. The third-order valence-corrected chi connectivity index (χ3v) is 2.71. The standard InChI is InChI=1S/C13H18FNO2/c1-5-15(12(16)13(2,3)17-4)11-8-6-7-10(14)9-11/h6-9H,5H2,1-4H3. The van der Waals surface area contributed by atoms with Gasteiger partial charge in [-0.15, -0.1) is 0 Å². The fourth-order valence-corrected chi connectivity index (χ4v) is 1.50. The molecule has 0 atom stereocenters. The highest BCUT2D eigenvalue weighted by molar-refractivity contribution is 5.98. The Morgan fingerprint density at radius 3 is 2.59 bits per heavy atom. The largest absolute Gasteiger partial charge is 0.369 e. The van der Waals surface area contributed by atoms with Gasteiger partial charge in [-0.05, 0) is 39.0 Å². The van der Waals surface area contributed by atoms with Crippen LogP contribution in [0, 0.1) is 5.82 Å². The molecule has 0 saturated heterocycles. The molecular weight excluding hydrogens is 221 g/mol. The fraction of sp³-hybridized carbons (Fsp3) is 0.462. The molecule has 0 heterocycles. The zero-order chi connectivity index (χ0) is 13.1. The second kappa shape index (κ2) is 5.27. The number of hydrogen-bond donors (Lipinski definition) is 0. The maximum atomic E-state index is 13.1. The van der Waals surface area contributed by atoms with E-state index in [0.29, 0.717) is 12.2 Å². The Morgan fingerprint density at radius 2 is 2.12 bits per heavy atom. The van der Waals surface area contributed by atoms with E-state index in [4.69, 9.17) is 4.74 Å². The van der Waals surface area contributed by atoms with Crippen LogP contribution >= 0.6 is 0 Å². The maximum Gasteiger partial charge on any atom is 0.258 e. The Balaban J connectivity index is 3.04. The van der Waals surface area contributed by atoms with Gasteiger partial charge < -0.3 is 9.64 Å². The van der Waals surface area contributed by atoms with E-state index < -0.39 is 5.60 Å². The van der Waals surface area contributed by atoms with Crippen LogP contribution < -0.4 is 4.90 Å². The molecule has 0 bridgehead atoms. The van der Waals surface area contributed by atoms with Crippen LogP contribution in [0.3, 0.4) is 0 Å². The van der Waals surface area contributed by atoms with Gasteiger partial charge in [-0.25, -0.2) is 4.39 Å². The predicted octanol–water partition coefficient (Wildman–Crippen LogP) is 2.60. The van der Waals surface area contributed by atoms with Crippen molar-refractivity contribution >= 4 is 11.6 Å². The van der Waals surface area contributed by atoms with E-state index in [0.717, 1.165) is 0 Å². The Kier molecular flexibility index (Phi) is 4.23. The van der Waals surface area contributed by atoms with Crippen LogP contribution in [-0.2, 0) is 9.53 Å². The lowest BCUT2D eigenvalue weighted by Crippen LogP contribution is -2.46. The molecule has 1 amide bonds. The second-order valence-electron chi connectivity index (χ2n) is 4.24. The molecule has 94 valence electrons. The number of likely N-dealkylation sites (N-methyl/N-ethyl adjacent to an activating group) is 1.